The van der Waals surface area contributed by atoms with Crippen LogP contribution in [0.25, 0.3) is 0 Å². The number of hydrogen-bond acceptors (Lipinski definition) is 4. The summed E-state index contributed by atoms with van der Waals surface area (Å²) in [6.07, 6.45) is 7.41. The molecule has 5 heteroatoms. The largest absolute Gasteiger partial charge is 0.297 e. The number of carbonyl (C=O) groups is 1. The zero-order valence-corrected chi connectivity index (χ0v) is 15.8. The molecule has 0 bridgehead atoms. The average Bonchev–Trinajstić information content (AvgIpc) is 3.21. The van der Waals surface area contributed by atoms with Crippen molar-refractivity contribution in [1.29, 1.82) is 0 Å². The van der Waals surface area contributed by atoms with Crippen LogP contribution in [0.1, 0.15) is 49.0 Å². The van der Waals surface area contributed by atoms with E-state index in [9.17, 15) is 4.79 Å². The molecule has 3 aromatic rings. The second-order valence-electron chi connectivity index (χ2n) is 6.52. The molecule has 1 aromatic carbocycles. The third-order valence-corrected chi connectivity index (χ3v) is 6.60. The number of rotatable bonds is 4. The normalized spacial score (nSPS) is 13.5. The van der Waals surface area contributed by atoms with Gasteiger partial charge in [0.1, 0.15) is 0 Å². The number of aryl methyl sites for hydroxylation is 3. The van der Waals surface area contributed by atoms with Crippen LogP contribution in [0.4, 0.5) is 5.13 Å². The Morgan fingerprint density at radius 3 is 2.92 bits per heavy atom. The summed E-state index contributed by atoms with van der Waals surface area (Å²) >= 11 is 3.19. The maximum Gasteiger partial charge on any atom is 0.267 e. The lowest BCUT2D eigenvalue weighted by atomic mass is 9.99. The molecule has 0 unspecified atom stereocenters. The number of amides is 1. The summed E-state index contributed by atoms with van der Waals surface area (Å²) in [5.41, 5.74) is 3.89. The standard InChI is InChI=1S/C20H20N2OS2/c1-13-5-4-6-14(9-13)10-16-12-21-20(24-16)22-19(23)18-11-15-7-2-3-8-17(15)25-18/h4-6,9,11-12H,2-3,7-8,10H2,1H3,(H,21,22,23). The number of aromatic nitrogens is 1. The van der Waals surface area contributed by atoms with Crippen LogP contribution < -0.4 is 5.32 Å². The summed E-state index contributed by atoms with van der Waals surface area (Å²) in [6, 6.07) is 10.6. The molecule has 0 saturated carbocycles. The Bertz CT molecular complexity index is 887. The molecule has 4 rings (SSSR count). The summed E-state index contributed by atoms with van der Waals surface area (Å²) < 4.78 is 0. The molecule has 2 aromatic heterocycles. The van der Waals surface area contributed by atoms with Crippen LogP contribution in [0.2, 0.25) is 0 Å². The average molecular weight is 369 g/mol. The molecule has 0 atom stereocenters. The zero-order chi connectivity index (χ0) is 17.2. The number of hydrogen-bond donors (Lipinski definition) is 1. The molecule has 25 heavy (non-hydrogen) atoms. The molecular weight excluding hydrogens is 348 g/mol. The maximum atomic E-state index is 12.5. The number of anilines is 1. The van der Waals surface area contributed by atoms with E-state index in [1.807, 2.05) is 6.20 Å². The molecule has 128 valence electrons. The van der Waals surface area contributed by atoms with Crippen molar-refractivity contribution in [2.24, 2.45) is 0 Å². The SMILES string of the molecule is Cc1cccc(Cc2cnc(NC(=O)c3cc4c(s3)CCCC4)s2)c1. The Kier molecular flexibility index (Phi) is 4.68. The van der Waals surface area contributed by atoms with E-state index in [-0.39, 0.29) is 5.91 Å². The van der Waals surface area contributed by atoms with Crippen molar-refractivity contribution < 1.29 is 4.79 Å². The van der Waals surface area contributed by atoms with Gasteiger partial charge in [-0.2, -0.15) is 0 Å². The van der Waals surface area contributed by atoms with Gasteiger partial charge in [0, 0.05) is 22.4 Å². The molecule has 1 aliphatic rings. The van der Waals surface area contributed by atoms with Gasteiger partial charge in [-0.05, 0) is 49.8 Å². The van der Waals surface area contributed by atoms with Crippen LogP contribution in [0, 0.1) is 6.92 Å². The van der Waals surface area contributed by atoms with Crippen molar-refractivity contribution >= 4 is 33.7 Å². The third-order valence-electron chi connectivity index (χ3n) is 4.46. The number of nitrogens with zero attached hydrogens (tertiary/aromatic N) is 1. The van der Waals surface area contributed by atoms with Crippen LogP contribution in [-0.2, 0) is 19.3 Å². The Balaban J connectivity index is 1.43. The number of thiophene rings is 1. The van der Waals surface area contributed by atoms with Crippen LogP contribution in [0.15, 0.2) is 36.5 Å². The summed E-state index contributed by atoms with van der Waals surface area (Å²) in [7, 11) is 0. The van der Waals surface area contributed by atoms with E-state index in [0.717, 1.165) is 29.0 Å². The van der Waals surface area contributed by atoms with Crippen molar-refractivity contribution in [3.63, 3.8) is 0 Å². The predicted octanol–water partition coefficient (Wildman–Crippen LogP) is 5.23. The highest BCUT2D eigenvalue weighted by molar-refractivity contribution is 7.16. The summed E-state index contributed by atoms with van der Waals surface area (Å²) in [5.74, 6) is -0.0316. The first kappa shape index (κ1) is 16.5. The Morgan fingerprint density at radius 1 is 1.20 bits per heavy atom. The molecule has 0 fully saturated rings. The summed E-state index contributed by atoms with van der Waals surface area (Å²) in [6.45, 7) is 2.10. The van der Waals surface area contributed by atoms with Gasteiger partial charge in [0.25, 0.3) is 5.91 Å². The van der Waals surface area contributed by atoms with Gasteiger partial charge in [0.15, 0.2) is 5.13 Å². The van der Waals surface area contributed by atoms with Crippen LogP contribution >= 0.6 is 22.7 Å². The van der Waals surface area contributed by atoms with Gasteiger partial charge in [0.05, 0.1) is 4.88 Å². The van der Waals surface area contributed by atoms with Gasteiger partial charge < -0.3 is 0 Å². The van der Waals surface area contributed by atoms with E-state index < -0.39 is 0 Å². The molecule has 2 heterocycles. The number of nitrogens with one attached hydrogen (secondary N) is 1. The minimum atomic E-state index is -0.0316. The van der Waals surface area contributed by atoms with Crippen molar-refractivity contribution in [1.82, 2.24) is 4.98 Å². The van der Waals surface area contributed by atoms with Crippen LogP contribution in [-0.4, -0.2) is 10.9 Å². The van der Waals surface area contributed by atoms with E-state index in [2.05, 4.69) is 47.6 Å². The maximum absolute atomic E-state index is 12.5. The van der Waals surface area contributed by atoms with Crippen molar-refractivity contribution in [2.75, 3.05) is 5.32 Å². The third kappa shape index (κ3) is 3.83. The zero-order valence-electron chi connectivity index (χ0n) is 14.2. The number of benzene rings is 1. The van der Waals surface area contributed by atoms with Gasteiger partial charge in [0.2, 0.25) is 0 Å². The minimum absolute atomic E-state index is 0.0316. The van der Waals surface area contributed by atoms with Gasteiger partial charge in [-0.3, -0.25) is 10.1 Å². The second kappa shape index (κ2) is 7.10. The van der Waals surface area contributed by atoms with E-state index in [4.69, 9.17) is 0 Å². The molecule has 0 saturated heterocycles. The molecule has 1 N–H and O–H groups in total. The Hall–Kier alpha value is -1.98. The first-order valence-electron chi connectivity index (χ1n) is 8.60. The lowest BCUT2D eigenvalue weighted by molar-refractivity contribution is 0.103. The monoisotopic (exact) mass is 368 g/mol. The quantitative estimate of drug-likeness (QED) is 0.685. The summed E-state index contributed by atoms with van der Waals surface area (Å²) in [5, 5.41) is 3.64. The molecule has 1 aliphatic carbocycles. The fraction of sp³-hybridized carbons (Fsp3) is 0.300. The molecule has 0 aliphatic heterocycles. The van der Waals surface area contributed by atoms with E-state index in [0.29, 0.717) is 5.13 Å². The van der Waals surface area contributed by atoms with Crippen molar-refractivity contribution in [3.05, 3.63) is 67.9 Å². The van der Waals surface area contributed by atoms with Crippen molar-refractivity contribution in [3.8, 4) is 0 Å². The van der Waals surface area contributed by atoms with Gasteiger partial charge in [-0.1, -0.05) is 29.8 Å². The molecular formula is C20H20N2OS2. The van der Waals surface area contributed by atoms with Gasteiger partial charge in [-0.25, -0.2) is 4.98 Å². The minimum Gasteiger partial charge on any atom is -0.297 e. The number of fused-ring (bicyclic) bond motifs is 1. The number of thiazole rings is 1. The van der Waals surface area contributed by atoms with E-state index in [1.165, 1.54) is 34.4 Å². The predicted molar refractivity (Wildman–Crippen MR) is 105 cm³/mol. The summed E-state index contributed by atoms with van der Waals surface area (Å²) in [4.78, 5) is 20.2. The van der Waals surface area contributed by atoms with Gasteiger partial charge in [-0.15, -0.1) is 22.7 Å². The van der Waals surface area contributed by atoms with E-state index >= 15 is 0 Å². The second-order valence-corrected chi connectivity index (χ2v) is 8.77. The first-order valence-corrected chi connectivity index (χ1v) is 10.2. The topological polar surface area (TPSA) is 42.0 Å². The molecule has 0 radical (unpaired) electrons. The molecule has 1 amide bonds. The highest BCUT2D eigenvalue weighted by atomic mass is 32.1. The lowest BCUT2D eigenvalue weighted by Gasteiger charge is -2.08. The number of carbonyl (C=O) groups excluding carboxylic acids is 1. The smallest absolute Gasteiger partial charge is 0.267 e. The highest BCUT2D eigenvalue weighted by Gasteiger charge is 2.18. The van der Waals surface area contributed by atoms with E-state index in [1.54, 1.807) is 22.7 Å². The van der Waals surface area contributed by atoms with Crippen molar-refractivity contribution in [2.45, 2.75) is 39.0 Å². The van der Waals surface area contributed by atoms with Gasteiger partial charge >= 0.3 is 0 Å². The lowest BCUT2D eigenvalue weighted by Crippen LogP contribution is -2.09. The highest BCUT2D eigenvalue weighted by Crippen LogP contribution is 2.30. The fourth-order valence-corrected chi connectivity index (χ4v) is 5.22. The van der Waals surface area contributed by atoms with Crippen LogP contribution in [0.5, 0.6) is 0 Å². The Labute approximate surface area is 155 Å². The fourth-order valence-electron chi connectivity index (χ4n) is 3.23. The molecule has 3 nitrogen and oxygen atoms in total. The van der Waals surface area contributed by atoms with Crippen LogP contribution in [0.3, 0.4) is 0 Å². The Morgan fingerprint density at radius 2 is 2.08 bits per heavy atom. The molecule has 0 spiro atoms. The first-order chi connectivity index (χ1) is 12.2.